The second-order valence-corrected chi connectivity index (χ2v) is 6.77. The summed E-state index contributed by atoms with van der Waals surface area (Å²) in [7, 11) is 0. The summed E-state index contributed by atoms with van der Waals surface area (Å²) in [6, 6.07) is 14.7. The van der Waals surface area contributed by atoms with Crippen molar-refractivity contribution in [3.8, 4) is 5.75 Å². The van der Waals surface area contributed by atoms with E-state index in [1.165, 1.54) is 6.07 Å². The molecule has 0 amide bonds. The van der Waals surface area contributed by atoms with Crippen molar-refractivity contribution in [1.29, 1.82) is 0 Å². The van der Waals surface area contributed by atoms with Crippen LogP contribution in [0.15, 0.2) is 53.4 Å². The van der Waals surface area contributed by atoms with E-state index >= 15 is 0 Å². The van der Waals surface area contributed by atoms with E-state index in [-0.39, 0.29) is 17.2 Å². The van der Waals surface area contributed by atoms with Crippen LogP contribution in [0.25, 0.3) is 0 Å². The Labute approximate surface area is 146 Å². The predicted molar refractivity (Wildman–Crippen MR) is 95.2 cm³/mol. The average Bonchev–Trinajstić information content (AvgIpc) is 2.62. The van der Waals surface area contributed by atoms with E-state index < -0.39 is 0 Å². The maximum atomic E-state index is 13.7. The van der Waals surface area contributed by atoms with Gasteiger partial charge in [-0.25, -0.2) is 4.39 Å². The molecule has 1 saturated heterocycles. The fourth-order valence-electron chi connectivity index (χ4n) is 2.78. The molecule has 1 N–H and O–H groups in total. The minimum Gasteiger partial charge on any atom is -0.493 e. The highest BCUT2D eigenvalue weighted by atomic mass is 32.2. The second kappa shape index (κ2) is 8.51. The molecule has 3 rings (SSSR count). The number of nitrogens with one attached hydrogen (secondary N) is 1. The number of halogens is 1. The van der Waals surface area contributed by atoms with Crippen LogP contribution in [0.2, 0.25) is 0 Å². The number of benzene rings is 2. The third kappa shape index (κ3) is 4.29. The summed E-state index contributed by atoms with van der Waals surface area (Å²) < 4.78 is 25.4. The monoisotopic (exact) mass is 347 g/mol. The van der Waals surface area contributed by atoms with Crippen molar-refractivity contribution in [3.63, 3.8) is 0 Å². The van der Waals surface area contributed by atoms with Crippen LogP contribution in [-0.2, 0) is 4.74 Å². The molecular weight excluding hydrogens is 325 g/mol. The summed E-state index contributed by atoms with van der Waals surface area (Å²) in [4.78, 5) is 1.04. The molecule has 1 aliphatic heterocycles. The number of thioether (sulfide) groups is 1. The lowest BCUT2D eigenvalue weighted by atomic mass is 10.1. The van der Waals surface area contributed by atoms with Crippen LogP contribution in [0.3, 0.4) is 0 Å². The van der Waals surface area contributed by atoms with Crippen molar-refractivity contribution < 1.29 is 13.9 Å². The zero-order valence-electron chi connectivity index (χ0n) is 13.7. The van der Waals surface area contributed by atoms with Crippen LogP contribution in [0.1, 0.15) is 17.7 Å². The minimum atomic E-state index is -0.222. The van der Waals surface area contributed by atoms with Gasteiger partial charge in [0.2, 0.25) is 0 Å². The first-order valence-electron chi connectivity index (χ1n) is 8.24. The van der Waals surface area contributed by atoms with Crippen molar-refractivity contribution in [2.24, 2.45) is 0 Å². The molecule has 24 heavy (non-hydrogen) atoms. The molecule has 3 nitrogen and oxygen atoms in total. The lowest BCUT2D eigenvalue weighted by molar-refractivity contribution is 0.0273. The molecule has 0 aromatic heterocycles. The molecule has 1 fully saturated rings. The van der Waals surface area contributed by atoms with E-state index in [1.54, 1.807) is 23.9 Å². The lowest BCUT2D eigenvalue weighted by Crippen LogP contribution is -2.41. The third-order valence-electron chi connectivity index (χ3n) is 3.87. The zero-order valence-corrected chi connectivity index (χ0v) is 14.5. The maximum absolute atomic E-state index is 13.7. The number of ether oxygens (including phenoxy) is 2. The van der Waals surface area contributed by atoms with E-state index in [2.05, 4.69) is 5.32 Å². The Hall–Kier alpha value is -1.56. The van der Waals surface area contributed by atoms with E-state index in [1.807, 2.05) is 37.3 Å². The molecular formula is C19H22FNO2S. The Balaban J connectivity index is 1.90. The number of morpholine rings is 1. The van der Waals surface area contributed by atoms with Crippen molar-refractivity contribution in [3.05, 3.63) is 59.9 Å². The van der Waals surface area contributed by atoms with Crippen molar-refractivity contribution in [1.82, 2.24) is 5.32 Å². The van der Waals surface area contributed by atoms with Gasteiger partial charge in [0.05, 0.1) is 29.5 Å². The van der Waals surface area contributed by atoms with Gasteiger partial charge in [0.15, 0.2) is 0 Å². The van der Waals surface area contributed by atoms with Gasteiger partial charge in [-0.3, -0.25) is 0 Å². The summed E-state index contributed by atoms with van der Waals surface area (Å²) in [6.07, 6.45) is -0.0137. The van der Waals surface area contributed by atoms with Crippen LogP contribution in [0.4, 0.5) is 4.39 Å². The standard InChI is InChI=1S/C19H22FNO2S/c1-2-22-16-8-3-4-9-18(16)24-19(17-13-21-10-11-23-17)14-6-5-7-15(20)12-14/h3-9,12,17,19,21H,2,10-11,13H2,1H3/t17-,19?/m0/s1. The number of hydrogen-bond donors (Lipinski definition) is 1. The molecule has 0 bridgehead atoms. The summed E-state index contributed by atoms with van der Waals surface area (Å²) in [5, 5.41) is 3.36. The van der Waals surface area contributed by atoms with Gasteiger partial charge in [-0.05, 0) is 36.8 Å². The summed E-state index contributed by atoms with van der Waals surface area (Å²) in [5.41, 5.74) is 0.931. The molecule has 1 unspecified atom stereocenters. The van der Waals surface area contributed by atoms with E-state index in [0.717, 1.165) is 29.3 Å². The van der Waals surface area contributed by atoms with E-state index in [4.69, 9.17) is 9.47 Å². The van der Waals surface area contributed by atoms with Gasteiger partial charge in [0.25, 0.3) is 0 Å². The highest BCUT2D eigenvalue weighted by molar-refractivity contribution is 7.99. The molecule has 5 heteroatoms. The number of hydrogen-bond acceptors (Lipinski definition) is 4. The first kappa shape index (κ1) is 17.3. The van der Waals surface area contributed by atoms with Crippen molar-refractivity contribution in [2.75, 3.05) is 26.3 Å². The van der Waals surface area contributed by atoms with Gasteiger partial charge < -0.3 is 14.8 Å². The molecule has 0 saturated carbocycles. The van der Waals surface area contributed by atoms with Crippen molar-refractivity contribution >= 4 is 11.8 Å². The fourth-order valence-corrected chi connectivity index (χ4v) is 4.06. The maximum Gasteiger partial charge on any atom is 0.132 e. The Kier molecular flexibility index (Phi) is 6.12. The van der Waals surface area contributed by atoms with Gasteiger partial charge in [0.1, 0.15) is 11.6 Å². The highest BCUT2D eigenvalue weighted by Gasteiger charge is 2.28. The molecule has 1 heterocycles. The Morgan fingerprint density at radius 1 is 1.29 bits per heavy atom. The Morgan fingerprint density at radius 3 is 2.92 bits per heavy atom. The molecule has 0 spiro atoms. The van der Waals surface area contributed by atoms with Crippen LogP contribution >= 0.6 is 11.8 Å². The van der Waals surface area contributed by atoms with E-state index in [0.29, 0.717) is 13.2 Å². The van der Waals surface area contributed by atoms with Crippen LogP contribution in [0.5, 0.6) is 5.75 Å². The molecule has 2 aromatic carbocycles. The summed E-state index contributed by atoms with van der Waals surface area (Å²) >= 11 is 1.67. The van der Waals surface area contributed by atoms with Crippen molar-refractivity contribution in [2.45, 2.75) is 23.2 Å². The third-order valence-corrected chi connectivity index (χ3v) is 5.29. The topological polar surface area (TPSA) is 30.5 Å². The van der Waals surface area contributed by atoms with Crippen LogP contribution in [-0.4, -0.2) is 32.4 Å². The number of rotatable bonds is 6. The molecule has 2 atom stereocenters. The van der Waals surface area contributed by atoms with Gasteiger partial charge in [0, 0.05) is 13.1 Å². The summed E-state index contributed by atoms with van der Waals surface area (Å²) in [5.74, 6) is 0.634. The SMILES string of the molecule is CCOc1ccccc1SC(c1cccc(F)c1)[C@@H]1CNCCO1. The highest BCUT2D eigenvalue weighted by Crippen LogP contribution is 2.43. The minimum absolute atomic E-state index is 0.00453. The van der Waals surface area contributed by atoms with Gasteiger partial charge in [-0.15, -0.1) is 11.8 Å². The molecule has 128 valence electrons. The Morgan fingerprint density at radius 2 is 2.17 bits per heavy atom. The fraction of sp³-hybridized carbons (Fsp3) is 0.368. The van der Waals surface area contributed by atoms with E-state index in [9.17, 15) is 4.39 Å². The molecule has 1 aliphatic rings. The van der Waals surface area contributed by atoms with Crippen LogP contribution < -0.4 is 10.1 Å². The average molecular weight is 347 g/mol. The largest absolute Gasteiger partial charge is 0.493 e. The molecule has 0 radical (unpaired) electrons. The van der Waals surface area contributed by atoms with Crippen LogP contribution in [0, 0.1) is 5.82 Å². The zero-order chi connectivity index (χ0) is 16.8. The normalized spacial score (nSPS) is 19.0. The second-order valence-electron chi connectivity index (χ2n) is 5.59. The first-order valence-corrected chi connectivity index (χ1v) is 9.12. The smallest absolute Gasteiger partial charge is 0.132 e. The van der Waals surface area contributed by atoms with Gasteiger partial charge in [-0.1, -0.05) is 24.3 Å². The Bertz CT molecular complexity index is 661. The first-order chi connectivity index (χ1) is 11.8. The van der Waals surface area contributed by atoms with Gasteiger partial charge >= 0.3 is 0 Å². The predicted octanol–water partition coefficient (Wildman–Crippen LogP) is 4.05. The number of para-hydroxylation sites is 1. The lowest BCUT2D eigenvalue weighted by Gasteiger charge is -2.31. The molecule has 2 aromatic rings. The molecule has 0 aliphatic carbocycles. The quantitative estimate of drug-likeness (QED) is 0.799. The van der Waals surface area contributed by atoms with Gasteiger partial charge in [-0.2, -0.15) is 0 Å². The summed E-state index contributed by atoms with van der Waals surface area (Å²) in [6.45, 7) is 4.87.